The molecule has 3 aromatic rings. The van der Waals surface area contributed by atoms with Crippen LogP contribution in [0.5, 0.6) is 0 Å². The second-order valence-electron chi connectivity index (χ2n) is 4.49. The van der Waals surface area contributed by atoms with E-state index in [9.17, 15) is 9.59 Å². The number of anilines is 1. The predicted octanol–water partition coefficient (Wildman–Crippen LogP) is 5.31. The van der Waals surface area contributed by atoms with Gasteiger partial charge < -0.3 is 10.1 Å². The molecule has 118 valence electrons. The average Bonchev–Trinajstić information content (AvgIpc) is 3.05. The van der Waals surface area contributed by atoms with Crippen LogP contribution in [-0.2, 0) is 4.74 Å². The number of halogens is 2. The van der Waals surface area contributed by atoms with Gasteiger partial charge in [0.15, 0.2) is 0 Å². The molecule has 0 radical (unpaired) electrons. The van der Waals surface area contributed by atoms with E-state index in [0.29, 0.717) is 19.2 Å². The van der Waals surface area contributed by atoms with Gasteiger partial charge in [0.2, 0.25) is 0 Å². The zero-order valence-electron chi connectivity index (χ0n) is 11.7. The summed E-state index contributed by atoms with van der Waals surface area (Å²) in [4.78, 5) is 24.5. The number of carbonyl (C=O) groups excluding carboxylic acids is 2. The largest absolute Gasteiger partial charge is 0.465 e. The number of hydrogen-bond donors (Lipinski definition) is 1. The Balaban J connectivity index is 2.04. The van der Waals surface area contributed by atoms with E-state index in [-0.39, 0.29) is 5.56 Å². The summed E-state index contributed by atoms with van der Waals surface area (Å²) in [5.74, 6) is -0.929. The van der Waals surface area contributed by atoms with Crippen molar-refractivity contribution in [2.45, 2.75) is 0 Å². The molecule has 0 saturated heterocycles. The van der Waals surface area contributed by atoms with Crippen LogP contribution in [-0.4, -0.2) is 19.0 Å². The van der Waals surface area contributed by atoms with Crippen LogP contribution in [0.25, 0.3) is 10.1 Å². The second-order valence-corrected chi connectivity index (χ2v) is 7.82. The van der Waals surface area contributed by atoms with E-state index in [1.54, 1.807) is 0 Å². The molecule has 0 spiro atoms. The standard InChI is InChI=1S/C15H9Cl2NO3S2/c1-21-15(20)11-7-4-2-3-5-9(7)22-14(11)18-13(19)8-6-10(16)23-12(8)17/h2-6H,1H3,(H,18,19). The number of carbonyl (C=O) groups is 2. The molecule has 0 aliphatic rings. The second kappa shape index (κ2) is 6.49. The quantitative estimate of drug-likeness (QED) is 0.621. The zero-order valence-corrected chi connectivity index (χ0v) is 14.8. The van der Waals surface area contributed by atoms with Crippen molar-refractivity contribution in [1.82, 2.24) is 0 Å². The summed E-state index contributed by atoms with van der Waals surface area (Å²) in [5.41, 5.74) is 0.605. The fourth-order valence-corrected chi connectivity index (χ4v) is 4.65. The summed E-state index contributed by atoms with van der Waals surface area (Å²) in [5, 5.41) is 3.88. The molecule has 0 aliphatic carbocycles. The third-order valence-electron chi connectivity index (χ3n) is 3.11. The first-order valence-corrected chi connectivity index (χ1v) is 8.76. The van der Waals surface area contributed by atoms with Crippen molar-refractivity contribution >= 4 is 72.8 Å². The summed E-state index contributed by atoms with van der Waals surface area (Å²) in [6.45, 7) is 0. The first-order valence-electron chi connectivity index (χ1n) is 6.37. The van der Waals surface area contributed by atoms with Gasteiger partial charge in [-0.15, -0.1) is 22.7 Å². The third-order valence-corrected chi connectivity index (χ3v) is 5.69. The molecule has 0 fully saturated rings. The molecular weight excluding hydrogens is 377 g/mol. The normalized spacial score (nSPS) is 10.7. The Hall–Kier alpha value is -1.60. The SMILES string of the molecule is COC(=O)c1c(NC(=O)c2cc(Cl)sc2Cl)sc2ccccc12. The van der Waals surface area contributed by atoms with Gasteiger partial charge >= 0.3 is 5.97 Å². The number of esters is 1. The summed E-state index contributed by atoms with van der Waals surface area (Å²) >= 11 is 14.3. The highest BCUT2D eigenvalue weighted by Gasteiger charge is 2.22. The monoisotopic (exact) mass is 385 g/mol. The number of nitrogens with one attached hydrogen (secondary N) is 1. The van der Waals surface area contributed by atoms with Crippen molar-refractivity contribution in [1.29, 1.82) is 0 Å². The maximum Gasteiger partial charge on any atom is 0.341 e. The molecule has 1 aromatic carbocycles. The highest BCUT2D eigenvalue weighted by Crippen LogP contribution is 2.37. The minimum atomic E-state index is -0.507. The summed E-state index contributed by atoms with van der Waals surface area (Å²) in [6, 6.07) is 8.86. The van der Waals surface area contributed by atoms with Crippen LogP contribution in [0.4, 0.5) is 5.00 Å². The molecule has 8 heteroatoms. The van der Waals surface area contributed by atoms with Crippen molar-refractivity contribution in [3.05, 3.63) is 50.1 Å². The van der Waals surface area contributed by atoms with Gasteiger partial charge in [-0.25, -0.2) is 4.79 Å². The minimum Gasteiger partial charge on any atom is -0.465 e. The Morgan fingerprint density at radius 1 is 1.17 bits per heavy atom. The lowest BCUT2D eigenvalue weighted by Crippen LogP contribution is -2.13. The van der Waals surface area contributed by atoms with Crippen molar-refractivity contribution in [2.75, 3.05) is 12.4 Å². The Bertz CT molecular complexity index is 917. The fraction of sp³-hybridized carbons (Fsp3) is 0.0667. The van der Waals surface area contributed by atoms with Crippen LogP contribution in [0.1, 0.15) is 20.7 Å². The van der Waals surface area contributed by atoms with E-state index in [2.05, 4.69) is 5.32 Å². The maximum absolute atomic E-state index is 12.4. The van der Waals surface area contributed by atoms with Gasteiger partial charge in [-0.2, -0.15) is 0 Å². The van der Waals surface area contributed by atoms with E-state index in [0.717, 1.165) is 21.4 Å². The molecule has 1 amide bonds. The number of amides is 1. The van der Waals surface area contributed by atoms with Crippen LogP contribution in [0.2, 0.25) is 8.67 Å². The van der Waals surface area contributed by atoms with E-state index < -0.39 is 11.9 Å². The van der Waals surface area contributed by atoms with Gasteiger partial charge in [0.25, 0.3) is 5.91 Å². The number of rotatable bonds is 3. The van der Waals surface area contributed by atoms with Crippen LogP contribution >= 0.6 is 45.9 Å². The van der Waals surface area contributed by atoms with Gasteiger partial charge in [0.05, 0.1) is 17.0 Å². The number of methoxy groups -OCH3 is 1. The lowest BCUT2D eigenvalue weighted by Gasteiger charge is -2.05. The van der Waals surface area contributed by atoms with Gasteiger partial charge in [-0.05, 0) is 12.1 Å². The van der Waals surface area contributed by atoms with Crippen LogP contribution in [0.15, 0.2) is 30.3 Å². The highest BCUT2D eigenvalue weighted by molar-refractivity contribution is 7.23. The van der Waals surface area contributed by atoms with Crippen molar-refractivity contribution in [3.63, 3.8) is 0 Å². The molecule has 23 heavy (non-hydrogen) atoms. The molecule has 4 nitrogen and oxygen atoms in total. The predicted molar refractivity (Wildman–Crippen MR) is 95.5 cm³/mol. The van der Waals surface area contributed by atoms with E-state index in [1.807, 2.05) is 24.3 Å². The lowest BCUT2D eigenvalue weighted by atomic mass is 10.1. The summed E-state index contributed by atoms with van der Waals surface area (Å²) < 4.78 is 6.42. The Labute approximate surface area is 149 Å². The van der Waals surface area contributed by atoms with E-state index in [4.69, 9.17) is 27.9 Å². The molecule has 0 unspecified atom stereocenters. The number of benzene rings is 1. The average molecular weight is 386 g/mol. The first-order chi connectivity index (χ1) is 11.0. The molecule has 3 rings (SSSR count). The van der Waals surface area contributed by atoms with Crippen molar-refractivity contribution in [3.8, 4) is 0 Å². The van der Waals surface area contributed by atoms with Crippen LogP contribution in [0, 0.1) is 0 Å². The van der Waals surface area contributed by atoms with Gasteiger partial charge in [-0.3, -0.25) is 4.79 Å². The molecule has 0 atom stereocenters. The summed E-state index contributed by atoms with van der Waals surface area (Å²) in [7, 11) is 1.30. The zero-order chi connectivity index (χ0) is 16.6. The smallest absolute Gasteiger partial charge is 0.341 e. The molecule has 2 heterocycles. The molecule has 0 aliphatic heterocycles. The highest BCUT2D eigenvalue weighted by atomic mass is 35.5. The van der Waals surface area contributed by atoms with Crippen molar-refractivity contribution < 1.29 is 14.3 Å². The van der Waals surface area contributed by atoms with Crippen molar-refractivity contribution in [2.24, 2.45) is 0 Å². The molecular formula is C15H9Cl2NO3S2. The van der Waals surface area contributed by atoms with Gasteiger partial charge in [0.1, 0.15) is 14.9 Å². The number of thiophene rings is 2. The van der Waals surface area contributed by atoms with Crippen LogP contribution < -0.4 is 5.32 Å². The van der Waals surface area contributed by atoms with Gasteiger partial charge in [-0.1, -0.05) is 41.4 Å². The Morgan fingerprint density at radius 2 is 1.91 bits per heavy atom. The molecule has 1 N–H and O–H groups in total. The minimum absolute atomic E-state index is 0.273. The fourth-order valence-electron chi connectivity index (χ4n) is 2.10. The Kier molecular flexibility index (Phi) is 4.59. The third kappa shape index (κ3) is 3.07. The van der Waals surface area contributed by atoms with E-state index >= 15 is 0 Å². The number of ether oxygens (including phenoxy) is 1. The summed E-state index contributed by atoms with van der Waals surface area (Å²) in [6.07, 6.45) is 0. The topological polar surface area (TPSA) is 55.4 Å². The number of hydrogen-bond acceptors (Lipinski definition) is 5. The molecule has 0 saturated carbocycles. The van der Waals surface area contributed by atoms with Gasteiger partial charge in [0, 0.05) is 10.1 Å². The maximum atomic E-state index is 12.4. The van der Waals surface area contributed by atoms with Crippen LogP contribution in [0.3, 0.4) is 0 Å². The molecule has 2 aromatic heterocycles. The molecule has 0 bridgehead atoms. The number of fused-ring (bicyclic) bond motifs is 1. The lowest BCUT2D eigenvalue weighted by molar-refractivity contribution is 0.0604. The first kappa shape index (κ1) is 16.3. The van der Waals surface area contributed by atoms with E-state index in [1.165, 1.54) is 24.5 Å². The Morgan fingerprint density at radius 3 is 2.57 bits per heavy atom.